The summed E-state index contributed by atoms with van der Waals surface area (Å²) in [5.41, 5.74) is 0.483. The predicted molar refractivity (Wildman–Crippen MR) is 82.6 cm³/mol. The van der Waals surface area contributed by atoms with Crippen LogP contribution in [0.2, 0.25) is 0 Å². The Balaban J connectivity index is 1.67. The first-order chi connectivity index (χ1) is 11.1. The van der Waals surface area contributed by atoms with Gasteiger partial charge in [0.05, 0.1) is 17.6 Å². The number of carbonyl (C=O) groups is 2. The maximum atomic E-state index is 12.7. The van der Waals surface area contributed by atoms with Gasteiger partial charge in [0, 0.05) is 19.7 Å². The molecule has 0 aromatic heterocycles. The number of likely N-dealkylation sites (tertiary alicyclic amines) is 1. The van der Waals surface area contributed by atoms with Crippen LogP contribution >= 0.6 is 0 Å². The van der Waals surface area contributed by atoms with Crippen LogP contribution in [-0.2, 0) is 9.53 Å². The Morgan fingerprint density at radius 3 is 2.83 bits per heavy atom. The highest BCUT2D eigenvalue weighted by Gasteiger charge is 2.32. The Hall–Kier alpha value is -2.08. The molecule has 3 rings (SSSR count). The molecular formula is C17H21NO5. The standard InChI is InChI=1S/C17H21NO5/c19-16(18-8-7-12(10-18)17(20)21)14-5-1-2-6-15(14)23-11-13-4-3-9-22-13/h1-2,5-6,12-13H,3-4,7-11H2,(H,20,21)/t12-,13+/m0/s1. The van der Waals surface area contributed by atoms with Gasteiger partial charge in [-0.1, -0.05) is 12.1 Å². The molecule has 0 saturated carbocycles. The number of carbonyl (C=O) groups excluding carboxylic acids is 1. The molecule has 0 bridgehead atoms. The predicted octanol–water partition coefficient (Wildman–Crippen LogP) is 1.79. The van der Waals surface area contributed by atoms with Crippen molar-refractivity contribution >= 4 is 11.9 Å². The Labute approximate surface area is 135 Å². The van der Waals surface area contributed by atoms with E-state index in [1.807, 2.05) is 6.07 Å². The SMILES string of the molecule is O=C(O)[C@H]1CCN(C(=O)c2ccccc2OC[C@H]2CCCO2)C1. The van der Waals surface area contributed by atoms with Crippen molar-refractivity contribution in [1.29, 1.82) is 0 Å². The van der Waals surface area contributed by atoms with Crippen LogP contribution in [-0.4, -0.2) is 54.3 Å². The first-order valence-electron chi connectivity index (χ1n) is 8.00. The fraction of sp³-hybridized carbons (Fsp3) is 0.529. The molecule has 1 aromatic rings. The molecular weight excluding hydrogens is 298 g/mol. The largest absolute Gasteiger partial charge is 0.490 e. The molecule has 2 atom stereocenters. The van der Waals surface area contributed by atoms with Gasteiger partial charge in [-0.15, -0.1) is 0 Å². The molecule has 124 valence electrons. The minimum Gasteiger partial charge on any atom is -0.490 e. The molecule has 2 aliphatic heterocycles. The van der Waals surface area contributed by atoms with E-state index < -0.39 is 11.9 Å². The fourth-order valence-electron chi connectivity index (χ4n) is 3.04. The van der Waals surface area contributed by atoms with E-state index in [1.54, 1.807) is 23.1 Å². The Bertz CT molecular complexity index is 582. The van der Waals surface area contributed by atoms with Gasteiger partial charge in [0.25, 0.3) is 5.91 Å². The Morgan fingerprint density at radius 1 is 1.30 bits per heavy atom. The quantitative estimate of drug-likeness (QED) is 0.895. The van der Waals surface area contributed by atoms with Gasteiger partial charge >= 0.3 is 5.97 Å². The summed E-state index contributed by atoms with van der Waals surface area (Å²) < 4.78 is 11.3. The van der Waals surface area contributed by atoms with Crippen LogP contribution in [0.25, 0.3) is 0 Å². The van der Waals surface area contributed by atoms with Gasteiger partial charge in [-0.3, -0.25) is 9.59 Å². The minimum atomic E-state index is -0.844. The molecule has 6 heteroatoms. The Morgan fingerprint density at radius 2 is 2.13 bits per heavy atom. The highest BCUT2D eigenvalue weighted by atomic mass is 16.5. The number of carboxylic acids is 1. The summed E-state index contributed by atoms with van der Waals surface area (Å²) in [5.74, 6) is -0.953. The second-order valence-corrected chi connectivity index (χ2v) is 6.02. The zero-order valence-corrected chi connectivity index (χ0v) is 12.9. The average Bonchev–Trinajstić information content (AvgIpc) is 3.24. The van der Waals surface area contributed by atoms with Gasteiger partial charge in [0.1, 0.15) is 12.4 Å². The van der Waals surface area contributed by atoms with E-state index in [4.69, 9.17) is 14.6 Å². The number of para-hydroxylation sites is 1. The number of benzene rings is 1. The third-order valence-electron chi connectivity index (χ3n) is 4.39. The van der Waals surface area contributed by atoms with Crippen LogP contribution in [0.4, 0.5) is 0 Å². The zero-order valence-electron chi connectivity index (χ0n) is 12.9. The van der Waals surface area contributed by atoms with Crippen LogP contribution in [0.5, 0.6) is 5.75 Å². The van der Waals surface area contributed by atoms with E-state index in [-0.39, 0.29) is 18.6 Å². The Kier molecular flexibility index (Phi) is 4.81. The number of amides is 1. The van der Waals surface area contributed by atoms with Crippen LogP contribution in [0.3, 0.4) is 0 Å². The average molecular weight is 319 g/mol. The smallest absolute Gasteiger partial charge is 0.308 e. The molecule has 1 N–H and O–H groups in total. The highest BCUT2D eigenvalue weighted by molar-refractivity contribution is 5.97. The molecule has 2 aliphatic rings. The van der Waals surface area contributed by atoms with Gasteiger partial charge in [-0.2, -0.15) is 0 Å². The summed E-state index contributed by atoms with van der Waals surface area (Å²) in [6, 6.07) is 7.11. The number of ether oxygens (including phenoxy) is 2. The molecule has 2 heterocycles. The number of aliphatic carboxylic acids is 1. The summed E-state index contributed by atoms with van der Waals surface area (Å²) in [6.07, 6.45) is 2.60. The molecule has 0 radical (unpaired) electrons. The second-order valence-electron chi connectivity index (χ2n) is 6.02. The molecule has 1 amide bonds. The lowest BCUT2D eigenvalue weighted by molar-refractivity contribution is -0.141. The van der Waals surface area contributed by atoms with Gasteiger partial charge < -0.3 is 19.5 Å². The minimum absolute atomic E-state index is 0.0846. The maximum absolute atomic E-state index is 12.7. The molecule has 0 spiro atoms. The van der Waals surface area contributed by atoms with Crippen molar-refractivity contribution in [2.24, 2.45) is 5.92 Å². The van der Waals surface area contributed by atoms with Crippen LogP contribution in [0.1, 0.15) is 29.6 Å². The summed E-state index contributed by atoms with van der Waals surface area (Å²) in [4.78, 5) is 25.3. The number of rotatable bonds is 5. The van der Waals surface area contributed by atoms with Crippen molar-refractivity contribution < 1.29 is 24.2 Å². The van der Waals surface area contributed by atoms with E-state index in [0.29, 0.717) is 30.9 Å². The highest BCUT2D eigenvalue weighted by Crippen LogP contribution is 2.25. The lowest BCUT2D eigenvalue weighted by Crippen LogP contribution is -2.30. The molecule has 0 aliphatic carbocycles. The van der Waals surface area contributed by atoms with Crippen molar-refractivity contribution in [2.45, 2.75) is 25.4 Å². The molecule has 2 saturated heterocycles. The number of nitrogens with zero attached hydrogens (tertiary/aromatic N) is 1. The summed E-state index contributed by atoms with van der Waals surface area (Å²) in [7, 11) is 0. The summed E-state index contributed by atoms with van der Waals surface area (Å²) in [6.45, 7) is 1.92. The van der Waals surface area contributed by atoms with Crippen molar-refractivity contribution in [3.8, 4) is 5.75 Å². The zero-order chi connectivity index (χ0) is 16.2. The lowest BCUT2D eigenvalue weighted by Gasteiger charge is -2.19. The van der Waals surface area contributed by atoms with Gasteiger partial charge in [-0.05, 0) is 31.4 Å². The lowest BCUT2D eigenvalue weighted by atomic mass is 10.1. The molecule has 6 nitrogen and oxygen atoms in total. The van der Waals surface area contributed by atoms with Crippen LogP contribution < -0.4 is 4.74 Å². The van der Waals surface area contributed by atoms with E-state index in [1.165, 1.54) is 0 Å². The monoisotopic (exact) mass is 319 g/mol. The van der Waals surface area contributed by atoms with Crippen LogP contribution in [0.15, 0.2) is 24.3 Å². The fourth-order valence-corrected chi connectivity index (χ4v) is 3.04. The molecule has 23 heavy (non-hydrogen) atoms. The summed E-state index contributed by atoms with van der Waals surface area (Å²) in [5, 5.41) is 9.07. The first-order valence-corrected chi connectivity index (χ1v) is 8.00. The van der Waals surface area contributed by atoms with Crippen molar-refractivity contribution in [3.05, 3.63) is 29.8 Å². The normalized spacial score (nSPS) is 23.9. The molecule has 1 aromatic carbocycles. The van der Waals surface area contributed by atoms with E-state index in [2.05, 4.69) is 0 Å². The van der Waals surface area contributed by atoms with Crippen molar-refractivity contribution in [1.82, 2.24) is 4.90 Å². The van der Waals surface area contributed by atoms with Crippen molar-refractivity contribution in [2.75, 3.05) is 26.3 Å². The van der Waals surface area contributed by atoms with Gasteiger partial charge in [-0.25, -0.2) is 0 Å². The number of hydrogen-bond donors (Lipinski definition) is 1. The number of carboxylic acid groups (broad SMARTS) is 1. The van der Waals surface area contributed by atoms with E-state index in [0.717, 1.165) is 19.4 Å². The third kappa shape index (κ3) is 3.64. The summed E-state index contributed by atoms with van der Waals surface area (Å²) >= 11 is 0. The van der Waals surface area contributed by atoms with Crippen LogP contribution in [0, 0.1) is 5.92 Å². The first kappa shape index (κ1) is 15.8. The van der Waals surface area contributed by atoms with E-state index in [9.17, 15) is 9.59 Å². The van der Waals surface area contributed by atoms with Gasteiger partial charge in [0.15, 0.2) is 0 Å². The molecule has 2 fully saturated rings. The van der Waals surface area contributed by atoms with Gasteiger partial charge in [0.2, 0.25) is 0 Å². The van der Waals surface area contributed by atoms with E-state index >= 15 is 0 Å². The maximum Gasteiger partial charge on any atom is 0.308 e. The molecule has 0 unspecified atom stereocenters. The topological polar surface area (TPSA) is 76.1 Å². The second kappa shape index (κ2) is 7.00. The number of hydrogen-bond acceptors (Lipinski definition) is 4. The van der Waals surface area contributed by atoms with Crippen molar-refractivity contribution in [3.63, 3.8) is 0 Å². The third-order valence-corrected chi connectivity index (χ3v) is 4.39.